The van der Waals surface area contributed by atoms with Crippen LogP contribution < -0.4 is 37.2 Å². The van der Waals surface area contributed by atoms with Gasteiger partial charge in [-0.3, -0.25) is 38.5 Å². The molecular weight excluding hydrogens is 1170 g/mol. The van der Waals surface area contributed by atoms with Gasteiger partial charge in [0, 0.05) is 97.1 Å². The van der Waals surface area contributed by atoms with Gasteiger partial charge in [0.2, 0.25) is 41.4 Å². The molecule has 30 nitrogen and oxygen atoms in total. The number of nitrogens with one attached hydrogen (secondary N) is 7. The van der Waals surface area contributed by atoms with Crippen LogP contribution in [-0.4, -0.2) is 270 Å². The van der Waals surface area contributed by atoms with Crippen molar-refractivity contribution >= 4 is 41.4 Å². The summed E-state index contributed by atoms with van der Waals surface area (Å²) in [6.07, 6.45) is -5.54. The fourth-order valence-corrected chi connectivity index (χ4v) is 10.4. The summed E-state index contributed by atoms with van der Waals surface area (Å²) in [5.74, 6) is -3.33. The first-order valence-electron chi connectivity index (χ1n) is 31.9. The molecule has 516 valence electrons. The first-order valence-corrected chi connectivity index (χ1v) is 31.9. The van der Waals surface area contributed by atoms with E-state index in [1.165, 1.54) is 11.8 Å². The Balaban J connectivity index is 1.43. The molecule has 0 aliphatic carbocycles. The Morgan fingerprint density at radius 2 is 0.775 bits per heavy atom. The normalized spacial score (nSPS) is 27.3. The molecule has 16 atom stereocenters. The summed E-state index contributed by atoms with van der Waals surface area (Å²) in [6.45, 7) is 8.51. The Kier molecular flexibility index (Phi) is 39.2. The van der Waals surface area contributed by atoms with E-state index in [1.807, 2.05) is 13.8 Å². The third-order valence-corrected chi connectivity index (χ3v) is 15.7. The summed E-state index contributed by atoms with van der Waals surface area (Å²) in [6, 6.07) is -1.95. The molecule has 3 saturated heterocycles. The summed E-state index contributed by atoms with van der Waals surface area (Å²) in [7, 11) is 0. The van der Waals surface area contributed by atoms with Gasteiger partial charge >= 0.3 is 0 Å². The van der Waals surface area contributed by atoms with Crippen molar-refractivity contribution in [1.82, 2.24) is 42.1 Å². The van der Waals surface area contributed by atoms with Crippen LogP contribution in [-0.2, 0) is 62.0 Å². The van der Waals surface area contributed by atoms with Gasteiger partial charge in [0.05, 0.1) is 51.2 Å². The van der Waals surface area contributed by atoms with Gasteiger partial charge in [-0.15, -0.1) is 0 Å². The van der Waals surface area contributed by atoms with Gasteiger partial charge in [0.1, 0.15) is 48.8 Å². The second-order valence-corrected chi connectivity index (χ2v) is 23.8. The standard InChI is InChI=1S/C59H108N8O22/c1-36(2)30-40(56(83)65-26-17-23-62-46(74)19-10-7-13-28-85-58-38(4)51(78)53(80)42(34-69)88-58)67(31-47(75)63-24-15-21-60-44(72)18-9-6-12-27-84-57-37(3)50(77)52(79)41(33-68)87-57)32-48(76)64-25-16-22-61-45(73)20-11-8-14-29-86-59-49(66-39(5)71)55(82)54(81)43(35-70)89-59/h36-38,40-43,49-55,57-59,68-70,77-82H,6-35H2,1-5H3,(H,60,72)(H,61,73)(H,62,74)(H,63,75)(H,64,76)(H,65,83)(H,66,71)/t37?,38?,40?,41?,42?,43?,49?,50-,51-,52+,53+,54+,55-,57-,58-,59-/m1/s1. The average Bonchev–Trinajstić information content (AvgIpc) is 1.51. The van der Waals surface area contributed by atoms with E-state index in [1.54, 1.807) is 13.8 Å². The van der Waals surface area contributed by atoms with Gasteiger partial charge in [-0.1, -0.05) is 47.0 Å². The highest BCUT2D eigenvalue weighted by Crippen LogP contribution is 2.29. The zero-order valence-corrected chi connectivity index (χ0v) is 52.8. The number of nitrogens with zero attached hydrogens (tertiary/aromatic N) is 1. The SMILES string of the molecule is CC(=O)NC1[C@H](OCCCCCC(=O)NCCCNC(=O)CN(CC(=O)NCCCNC(=O)CCCCCO[C@@H]2OC(CO)[C@H](O)[C@H](O)C2C)C(CC(C)C)C(=O)NCCCNC(=O)CCCCCO[C@@H]2OC(CO)[C@H](O)[C@H](O)C2C)OC(CO)[C@H](O)[C@@H]1O. The van der Waals surface area contributed by atoms with Crippen LogP contribution in [0.25, 0.3) is 0 Å². The number of aliphatic hydroxyl groups is 9. The molecule has 3 heterocycles. The lowest BCUT2D eigenvalue weighted by Crippen LogP contribution is -2.64. The monoisotopic (exact) mass is 1280 g/mol. The molecule has 7 amide bonds. The molecule has 0 aromatic rings. The van der Waals surface area contributed by atoms with Gasteiger partial charge in [-0.2, -0.15) is 0 Å². The molecule has 3 aliphatic heterocycles. The summed E-state index contributed by atoms with van der Waals surface area (Å²) in [4.78, 5) is 91.9. The quantitative estimate of drug-likeness (QED) is 0.0262. The van der Waals surface area contributed by atoms with Crippen LogP contribution >= 0.6 is 0 Å². The van der Waals surface area contributed by atoms with Crippen molar-refractivity contribution in [2.75, 3.05) is 92.0 Å². The Morgan fingerprint density at radius 1 is 0.438 bits per heavy atom. The lowest BCUT2D eigenvalue weighted by Gasteiger charge is -2.42. The van der Waals surface area contributed by atoms with Crippen molar-refractivity contribution in [3.05, 3.63) is 0 Å². The Hall–Kier alpha value is -4.35. The number of hydrogen-bond donors (Lipinski definition) is 16. The number of aliphatic hydroxyl groups excluding tert-OH is 9. The largest absolute Gasteiger partial charge is 0.394 e. The number of carbonyl (C=O) groups is 7. The number of rotatable bonds is 45. The minimum Gasteiger partial charge on any atom is -0.394 e. The van der Waals surface area contributed by atoms with E-state index in [9.17, 15) is 79.5 Å². The van der Waals surface area contributed by atoms with E-state index in [2.05, 4.69) is 37.2 Å². The minimum absolute atomic E-state index is 0.0264. The zero-order valence-electron chi connectivity index (χ0n) is 52.8. The molecule has 3 fully saturated rings. The van der Waals surface area contributed by atoms with E-state index >= 15 is 0 Å². The maximum atomic E-state index is 13.9. The maximum Gasteiger partial charge on any atom is 0.237 e. The molecule has 89 heavy (non-hydrogen) atoms. The molecule has 0 aromatic carbocycles. The number of hydrogen-bond acceptors (Lipinski definition) is 23. The molecule has 30 heteroatoms. The average molecular weight is 1280 g/mol. The van der Waals surface area contributed by atoms with Crippen LogP contribution in [0.3, 0.4) is 0 Å². The van der Waals surface area contributed by atoms with Gasteiger partial charge in [0.25, 0.3) is 0 Å². The molecule has 0 aromatic heterocycles. The highest BCUT2D eigenvalue weighted by atomic mass is 16.7. The van der Waals surface area contributed by atoms with Crippen LogP contribution in [0.5, 0.6) is 0 Å². The van der Waals surface area contributed by atoms with Crippen LogP contribution in [0, 0.1) is 17.8 Å². The Labute approximate surface area is 522 Å². The number of ether oxygens (including phenoxy) is 6. The van der Waals surface area contributed by atoms with Gasteiger partial charge in [-0.05, 0) is 70.1 Å². The van der Waals surface area contributed by atoms with E-state index in [-0.39, 0.29) is 102 Å². The van der Waals surface area contributed by atoms with Gasteiger partial charge < -0.3 is 112 Å². The predicted octanol–water partition coefficient (Wildman–Crippen LogP) is -3.60. The third-order valence-electron chi connectivity index (χ3n) is 15.7. The minimum atomic E-state index is -1.43. The van der Waals surface area contributed by atoms with Crippen molar-refractivity contribution in [2.45, 2.75) is 223 Å². The molecule has 7 unspecified atom stereocenters. The van der Waals surface area contributed by atoms with Crippen molar-refractivity contribution in [3.63, 3.8) is 0 Å². The van der Waals surface area contributed by atoms with E-state index in [4.69, 9.17) is 28.4 Å². The molecule has 0 bridgehead atoms. The van der Waals surface area contributed by atoms with Gasteiger partial charge in [0.15, 0.2) is 18.9 Å². The lowest BCUT2D eigenvalue weighted by atomic mass is 9.92. The van der Waals surface area contributed by atoms with E-state index < -0.39 is 141 Å². The molecule has 0 spiro atoms. The molecule has 3 aliphatic rings. The second-order valence-electron chi connectivity index (χ2n) is 23.8. The summed E-state index contributed by atoms with van der Waals surface area (Å²) in [5, 5.41) is 109. The fourth-order valence-electron chi connectivity index (χ4n) is 10.4. The number of unbranched alkanes of at least 4 members (excludes halogenated alkanes) is 6. The third kappa shape index (κ3) is 29.9. The molecule has 16 N–H and O–H groups in total. The molecule has 0 radical (unpaired) electrons. The zero-order chi connectivity index (χ0) is 65.8. The second kappa shape index (κ2) is 44.2. The van der Waals surface area contributed by atoms with Crippen molar-refractivity contribution < 1.29 is 108 Å². The highest BCUT2D eigenvalue weighted by molar-refractivity contribution is 5.86. The lowest BCUT2D eigenvalue weighted by molar-refractivity contribution is -0.282. The van der Waals surface area contributed by atoms with Crippen molar-refractivity contribution in [2.24, 2.45) is 17.8 Å². The first-order chi connectivity index (χ1) is 42.5. The number of carbonyl (C=O) groups excluding carboxylic acids is 7. The predicted molar refractivity (Wildman–Crippen MR) is 319 cm³/mol. The molecular formula is C59H108N8O22. The van der Waals surface area contributed by atoms with Gasteiger partial charge in [-0.25, -0.2) is 0 Å². The van der Waals surface area contributed by atoms with Crippen LogP contribution in [0.1, 0.15) is 137 Å². The van der Waals surface area contributed by atoms with E-state index in [0.29, 0.717) is 96.7 Å². The highest BCUT2D eigenvalue weighted by Gasteiger charge is 2.46. The summed E-state index contributed by atoms with van der Waals surface area (Å²) in [5.41, 5.74) is 0. The summed E-state index contributed by atoms with van der Waals surface area (Å²) >= 11 is 0. The molecule has 3 rings (SSSR count). The maximum absolute atomic E-state index is 13.9. The van der Waals surface area contributed by atoms with Crippen LogP contribution in [0.4, 0.5) is 0 Å². The van der Waals surface area contributed by atoms with Crippen LogP contribution in [0.15, 0.2) is 0 Å². The number of amides is 7. The Bertz CT molecular complexity index is 2050. The van der Waals surface area contributed by atoms with Crippen LogP contribution in [0.2, 0.25) is 0 Å². The summed E-state index contributed by atoms with van der Waals surface area (Å²) < 4.78 is 34.0. The molecule has 0 saturated carbocycles. The van der Waals surface area contributed by atoms with E-state index in [0.717, 1.165) is 0 Å². The topological polar surface area (TPSA) is 444 Å². The van der Waals surface area contributed by atoms with Crippen molar-refractivity contribution in [3.8, 4) is 0 Å². The van der Waals surface area contributed by atoms with Crippen molar-refractivity contribution in [1.29, 1.82) is 0 Å². The fraction of sp³-hybridized carbons (Fsp3) is 0.881. The Morgan fingerprint density at radius 3 is 1.13 bits per heavy atom. The smallest absolute Gasteiger partial charge is 0.237 e. The first kappa shape index (κ1) is 78.9.